The van der Waals surface area contributed by atoms with Gasteiger partial charge in [0.05, 0.1) is 0 Å². The molecule has 0 unspecified atom stereocenters. The van der Waals surface area contributed by atoms with Crippen molar-refractivity contribution in [2.75, 3.05) is 0 Å². The van der Waals surface area contributed by atoms with Crippen molar-refractivity contribution in [1.82, 2.24) is 0 Å². The highest BCUT2D eigenvalue weighted by atomic mass is 16.1. The second-order valence-corrected chi connectivity index (χ2v) is 6.46. The molecule has 1 heteroatoms. The number of hydrogen-bond donors (Lipinski definition) is 0. The molecule has 0 N–H and O–H groups in total. The fourth-order valence-corrected chi connectivity index (χ4v) is 4.87. The highest BCUT2D eigenvalue weighted by Crippen LogP contribution is 2.78. The van der Waals surface area contributed by atoms with E-state index in [0.717, 1.165) is 29.6 Å². The molecule has 4 rings (SSSR count). The second-order valence-electron chi connectivity index (χ2n) is 6.46. The van der Waals surface area contributed by atoms with Gasteiger partial charge in [-0.15, -0.1) is 13.2 Å². The van der Waals surface area contributed by atoms with E-state index in [1.165, 1.54) is 44.9 Å². The normalized spacial score (nSPS) is 39.7. The van der Waals surface area contributed by atoms with E-state index in [2.05, 4.69) is 20.1 Å². The standard InChI is InChI=1S/C14H22O.C2H4/c1-2-7-13-8-14(9-13,10-13)11-3-5-12(15)6-4-11;1-2/h11H,2-10H2,1H3;1-2H2. The van der Waals surface area contributed by atoms with Crippen LogP contribution < -0.4 is 0 Å². The average molecular weight is 234 g/mol. The number of carbonyl (C=O) groups is 1. The van der Waals surface area contributed by atoms with E-state index in [-0.39, 0.29) is 0 Å². The average Bonchev–Trinajstić information content (AvgIpc) is 2.26. The minimum Gasteiger partial charge on any atom is -0.300 e. The molecule has 0 heterocycles. The molecule has 0 atom stereocenters. The van der Waals surface area contributed by atoms with Crippen molar-refractivity contribution in [2.24, 2.45) is 16.7 Å². The smallest absolute Gasteiger partial charge is 0.132 e. The Hall–Kier alpha value is -0.590. The van der Waals surface area contributed by atoms with Gasteiger partial charge < -0.3 is 0 Å². The lowest BCUT2D eigenvalue weighted by Crippen LogP contribution is -2.64. The molecule has 0 amide bonds. The zero-order valence-electron chi connectivity index (χ0n) is 11.3. The molecule has 4 saturated carbocycles. The molecule has 0 aromatic carbocycles. The Bertz CT molecular complexity index is 275. The van der Waals surface area contributed by atoms with E-state index < -0.39 is 0 Å². The predicted octanol–water partition coefficient (Wildman–Crippen LogP) is 4.52. The molecule has 0 saturated heterocycles. The minimum absolute atomic E-state index is 0.515. The highest BCUT2D eigenvalue weighted by molar-refractivity contribution is 5.79. The molecule has 0 aromatic heterocycles. The van der Waals surface area contributed by atoms with Crippen LogP contribution in [-0.2, 0) is 4.79 Å². The fourth-order valence-electron chi connectivity index (χ4n) is 4.87. The number of ketones is 1. The third-order valence-corrected chi connectivity index (χ3v) is 5.37. The van der Waals surface area contributed by atoms with Gasteiger partial charge in [0.2, 0.25) is 0 Å². The van der Waals surface area contributed by atoms with Crippen LogP contribution in [0.25, 0.3) is 0 Å². The Kier molecular flexibility index (Phi) is 3.47. The summed E-state index contributed by atoms with van der Waals surface area (Å²) in [5.74, 6) is 1.43. The molecule has 4 aliphatic rings. The number of rotatable bonds is 3. The number of hydrogen-bond acceptors (Lipinski definition) is 1. The van der Waals surface area contributed by atoms with Gasteiger partial charge in [-0.05, 0) is 55.3 Å². The first kappa shape index (κ1) is 12.9. The zero-order chi connectivity index (χ0) is 12.5. The zero-order valence-corrected chi connectivity index (χ0v) is 11.3. The maximum absolute atomic E-state index is 11.2. The molecule has 0 aliphatic heterocycles. The molecule has 4 fully saturated rings. The van der Waals surface area contributed by atoms with Crippen molar-refractivity contribution in [1.29, 1.82) is 0 Å². The molecule has 1 nitrogen and oxygen atoms in total. The van der Waals surface area contributed by atoms with Crippen molar-refractivity contribution < 1.29 is 4.79 Å². The first-order chi connectivity index (χ1) is 8.18. The van der Waals surface area contributed by atoms with Crippen molar-refractivity contribution in [2.45, 2.75) is 64.7 Å². The van der Waals surface area contributed by atoms with Gasteiger partial charge in [-0.1, -0.05) is 13.3 Å². The van der Waals surface area contributed by atoms with E-state index in [1.54, 1.807) is 0 Å². The molecular weight excluding hydrogens is 208 g/mol. The Labute approximate surface area is 106 Å². The fraction of sp³-hybridized carbons (Fsp3) is 0.812. The summed E-state index contributed by atoms with van der Waals surface area (Å²) in [6.07, 6.45) is 11.5. The van der Waals surface area contributed by atoms with Crippen molar-refractivity contribution in [3.8, 4) is 0 Å². The second kappa shape index (κ2) is 4.59. The van der Waals surface area contributed by atoms with Gasteiger partial charge >= 0.3 is 0 Å². The van der Waals surface area contributed by atoms with Gasteiger partial charge in [0.15, 0.2) is 0 Å². The van der Waals surface area contributed by atoms with Crippen LogP contribution in [0.4, 0.5) is 0 Å². The van der Waals surface area contributed by atoms with Crippen LogP contribution in [0.1, 0.15) is 64.7 Å². The van der Waals surface area contributed by atoms with Gasteiger partial charge in [0.25, 0.3) is 0 Å². The lowest BCUT2D eigenvalue weighted by Gasteiger charge is -2.74. The van der Waals surface area contributed by atoms with Crippen LogP contribution in [0, 0.1) is 16.7 Å². The summed E-state index contributed by atoms with van der Waals surface area (Å²) in [7, 11) is 0. The van der Waals surface area contributed by atoms with Crippen LogP contribution in [0.3, 0.4) is 0 Å². The Balaban J connectivity index is 0.000000514. The van der Waals surface area contributed by atoms with Crippen molar-refractivity contribution in [3.05, 3.63) is 13.2 Å². The van der Waals surface area contributed by atoms with Gasteiger partial charge in [0, 0.05) is 12.8 Å². The maximum Gasteiger partial charge on any atom is 0.132 e. The van der Waals surface area contributed by atoms with Gasteiger partial charge in [0.1, 0.15) is 5.78 Å². The number of Topliss-reactive ketones (excluding diaryl/α,β-unsaturated/α-hetero) is 1. The van der Waals surface area contributed by atoms with Crippen molar-refractivity contribution >= 4 is 5.78 Å². The quantitative estimate of drug-likeness (QED) is 0.656. The summed E-state index contributed by atoms with van der Waals surface area (Å²) >= 11 is 0. The maximum atomic E-state index is 11.2. The molecule has 0 aromatic rings. The largest absolute Gasteiger partial charge is 0.300 e. The topological polar surface area (TPSA) is 17.1 Å². The van der Waals surface area contributed by atoms with Crippen LogP contribution in [0.5, 0.6) is 0 Å². The monoisotopic (exact) mass is 234 g/mol. The molecule has 17 heavy (non-hydrogen) atoms. The molecular formula is C16H26O. The number of carbonyl (C=O) groups excluding carboxylic acids is 1. The summed E-state index contributed by atoms with van der Waals surface area (Å²) < 4.78 is 0. The van der Waals surface area contributed by atoms with Crippen LogP contribution in [0.15, 0.2) is 13.2 Å². The molecule has 96 valence electrons. The van der Waals surface area contributed by atoms with Crippen LogP contribution in [-0.4, -0.2) is 5.78 Å². The summed E-state index contributed by atoms with van der Waals surface area (Å²) in [4.78, 5) is 11.2. The summed E-state index contributed by atoms with van der Waals surface area (Å²) in [5, 5.41) is 0. The van der Waals surface area contributed by atoms with E-state index in [4.69, 9.17) is 0 Å². The van der Waals surface area contributed by atoms with E-state index in [1.807, 2.05) is 0 Å². The summed E-state index contributed by atoms with van der Waals surface area (Å²) in [6, 6.07) is 0. The predicted molar refractivity (Wildman–Crippen MR) is 71.8 cm³/mol. The van der Waals surface area contributed by atoms with Gasteiger partial charge in [-0.25, -0.2) is 0 Å². The first-order valence-electron chi connectivity index (χ1n) is 7.20. The Morgan fingerprint density at radius 2 is 1.71 bits per heavy atom. The Morgan fingerprint density at radius 3 is 2.18 bits per heavy atom. The third-order valence-electron chi connectivity index (χ3n) is 5.37. The summed E-state index contributed by atoms with van der Waals surface area (Å²) in [6.45, 7) is 8.31. The third kappa shape index (κ3) is 1.98. The van der Waals surface area contributed by atoms with Crippen LogP contribution >= 0.6 is 0 Å². The Morgan fingerprint density at radius 1 is 1.18 bits per heavy atom. The van der Waals surface area contributed by atoms with E-state index in [0.29, 0.717) is 5.78 Å². The van der Waals surface area contributed by atoms with Crippen LogP contribution in [0.2, 0.25) is 0 Å². The molecule has 0 spiro atoms. The van der Waals surface area contributed by atoms with E-state index in [9.17, 15) is 4.79 Å². The molecule has 0 radical (unpaired) electrons. The minimum atomic E-state index is 0.515. The highest BCUT2D eigenvalue weighted by Gasteiger charge is 2.68. The lowest BCUT2D eigenvalue weighted by molar-refractivity contribution is -0.243. The SMILES string of the molecule is C=C.CCCC12CC(C3CCC(=O)CC3)(C1)C2. The molecule has 2 bridgehead atoms. The van der Waals surface area contributed by atoms with Gasteiger partial charge in [-0.2, -0.15) is 0 Å². The van der Waals surface area contributed by atoms with E-state index >= 15 is 0 Å². The summed E-state index contributed by atoms with van der Waals surface area (Å²) in [5.41, 5.74) is 1.52. The van der Waals surface area contributed by atoms with Crippen molar-refractivity contribution in [3.63, 3.8) is 0 Å². The lowest BCUT2D eigenvalue weighted by atomic mass is 9.30. The van der Waals surface area contributed by atoms with Gasteiger partial charge in [-0.3, -0.25) is 4.79 Å². The molecule has 4 aliphatic carbocycles. The first-order valence-corrected chi connectivity index (χ1v) is 7.20.